The minimum absolute atomic E-state index is 0.0864. The van der Waals surface area contributed by atoms with Crippen LogP contribution in [0.1, 0.15) is 22.3 Å². The number of aromatic nitrogens is 1. The Morgan fingerprint density at radius 1 is 1.37 bits per heavy atom. The second kappa shape index (κ2) is 4.42. The molecular weight excluding hydrogens is 244 g/mol. The smallest absolute Gasteiger partial charge is 0.337 e. The van der Waals surface area contributed by atoms with E-state index < -0.39 is 5.97 Å². The van der Waals surface area contributed by atoms with Gasteiger partial charge in [-0.1, -0.05) is 0 Å². The molecule has 0 saturated heterocycles. The maximum absolute atomic E-state index is 12.0. The lowest BCUT2D eigenvalue weighted by atomic mass is 10.0. The van der Waals surface area contributed by atoms with Crippen molar-refractivity contribution in [1.29, 1.82) is 0 Å². The van der Waals surface area contributed by atoms with Gasteiger partial charge in [0.1, 0.15) is 0 Å². The summed E-state index contributed by atoms with van der Waals surface area (Å²) in [6.07, 6.45) is 1.74. The molecule has 0 atom stereocenters. The molecule has 1 aliphatic heterocycles. The van der Waals surface area contributed by atoms with Crippen LogP contribution in [-0.4, -0.2) is 24.6 Å². The number of hydrogen-bond donors (Lipinski definition) is 2. The Bertz CT molecular complexity index is 718. The van der Waals surface area contributed by atoms with E-state index in [1.807, 2.05) is 6.07 Å². The van der Waals surface area contributed by atoms with Crippen molar-refractivity contribution in [2.24, 2.45) is 0 Å². The first-order chi connectivity index (χ1) is 9.20. The number of pyridine rings is 1. The molecule has 0 fully saturated rings. The number of esters is 1. The predicted molar refractivity (Wildman–Crippen MR) is 72.7 cm³/mol. The molecule has 0 unspecified atom stereocenters. The molecule has 0 bridgehead atoms. The number of ether oxygens (including phenoxy) is 1. The summed E-state index contributed by atoms with van der Waals surface area (Å²) in [5, 5.41) is 4.21. The van der Waals surface area contributed by atoms with E-state index in [0.29, 0.717) is 11.1 Å². The molecule has 0 radical (unpaired) electrons. The molecular formula is C14H14N2O3. The van der Waals surface area contributed by atoms with Gasteiger partial charge in [-0.05, 0) is 31.0 Å². The van der Waals surface area contributed by atoms with Crippen molar-refractivity contribution in [2.45, 2.75) is 12.8 Å². The average Bonchev–Trinajstić information content (AvgIpc) is 2.46. The number of benzene rings is 1. The Balaban J connectivity index is 2.26. The highest BCUT2D eigenvalue weighted by Gasteiger charge is 2.17. The molecule has 2 N–H and O–H groups in total. The lowest BCUT2D eigenvalue weighted by molar-refractivity contribution is 0.0601. The summed E-state index contributed by atoms with van der Waals surface area (Å²) in [6, 6.07) is 5.21. The molecule has 2 aromatic rings. The van der Waals surface area contributed by atoms with Crippen LogP contribution < -0.4 is 10.9 Å². The maximum atomic E-state index is 12.0. The van der Waals surface area contributed by atoms with E-state index in [4.69, 9.17) is 0 Å². The van der Waals surface area contributed by atoms with Crippen LogP contribution in [0.5, 0.6) is 0 Å². The van der Waals surface area contributed by atoms with Gasteiger partial charge in [-0.2, -0.15) is 0 Å². The molecule has 0 spiro atoms. The van der Waals surface area contributed by atoms with Crippen molar-refractivity contribution in [3.63, 3.8) is 0 Å². The standard InChI is InChI=1S/C14H14N2O3/c1-19-14(18)8-4-5-9-11(7-8)16-13(17)10-3-2-6-15-12(9)10/h4-5,7,15H,2-3,6H2,1H3,(H,16,17). The summed E-state index contributed by atoms with van der Waals surface area (Å²) in [4.78, 5) is 26.4. The van der Waals surface area contributed by atoms with Crippen LogP contribution in [0.25, 0.3) is 10.9 Å². The molecule has 5 heteroatoms. The third kappa shape index (κ3) is 1.87. The molecule has 1 aromatic carbocycles. The van der Waals surface area contributed by atoms with Crippen molar-refractivity contribution in [1.82, 2.24) is 4.98 Å². The summed E-state index contributed by atoms with van der Waals surface area (Å²) in [5.41, 5.74) is 2.69. The summed E-state index contributed by atoms with van der Waals surface area (Å²) >= 11 is 0. The van der Waals surface area contributed by atoms with Crippen molar-refractivity contribution in [3.05, 3.63) is 39.7 Å². The lowest BCUT2D eigenvalue weighted by Crippen LogP contribution is -2.22. The molecule has 3 rings (SSSR count). The van der Waals surface area contributed by atoms with Gasteiger partial charge in [0, 0.05) is 17.5 Å². The van der Waals surface area contributed by atoms with Crippen LogP contribution in [0.3, 0.4) is 0 Å². The van der Waals surface area contributed by atoms with Crippen LogP contribution in [0.15, 0.2) is 23.0 Å². The fraction of sp³-hybridized carbons (Fsp3) is 0.286. The van der Waals surface area contributed by atoms with Crippen LogP contribution in [0.4, 0.5) is 5.69 Å². The van der Waals surface area contributed by atoms with Crippen molar-refractivity contribution >= 4 is 22.6 Å². The number of carbonyl (C=O) groups is 1. The first-order valence-electron chi connectivity index (χ1n) is 6.22. The fourth-order valence-corrected chi connectivity index (χ4v) is 2.50. The molecule has 1 aromatic heterocycles. The van der Waals surface area contributed by atoms with E-state index in [9.17, 15) is 9.59 Å². The van der Waals surface area contributed by atoms with Gasteiger partial charge in [0.15, 0.2) is 0 Å². The number of carbonyl (C=O) groups excluding carboxylic acids is 1. The van der Waals surface area contributed by atoms with Gasteiger partial charge in [0.2, 0.25) is 0 Å². The fourth-order valence-electron chi connectivity index (χ4n) is 2.50. The Kier molecular flexibility index (Phi) is 2.74. The first kappa shape index (κ1) is 11.8. The van der Waals surface area contributed by atoms with Gasteiger partial charge in [-0.15, -0.1) is 0 Å². The van der Waals surface area contributed by atoms with Crippen LogP contribution in [0, 0.1) is 0 Å². The minimum atomic E-state index is -0.409. The number of aromatic amines is 1. The van der Waals surface area contributed by atoms with E-state index in [0.717, 1.165) is 36.0 Å². The van der Waals surface area contributed by atoms with E-state index >= 15 is 0 Å². The number of H-pyrrole nitrogens is 1. The van der Waals surface area contributed by atoms with Gasteiger partial charge in [0.05, 0.1) is 23.9 Å². The summed E-state index contributed by atoms with van der Waals surface area (Å²) < 4.78 is 4.68. The normalized spacial score (nSPS) is 13.7. The number of anilines is 1. The number of fused-ring (bicyclic) bond motifs is 3. The minimum Gasteiger partial charge on any atom is -0.465 e. The predicted octanol–water partition coefficient (Wildman–Crippen LogP) is 1.67. The highest BCUT2D eigenvalue weighted by atomic mass is 16.5. The second-order valence-electron chi connectivity index (χ2n) is 4.59. The number of nitrogens with one attached hydrogen (secondary N) is 2. The van der Waals surface area contributed by atoms with E-state index in [2.05, 4.69) is 15.0 Å². The molecule has 2 heterocycles. The highest BCUT2D eigenvalue weighted by Crippen LogP contribution is 2.27. The van der Waals surface area contributed by atoms with Gasteiger partial charge in [-0.25, -0.2) is 4.79 Å². The zero-order chi connectivity index (χ0) is 13.4. The Morgan fingerprint density at radius 2 is 2.21 bits per heavy atom. The van der Waals surface area contributed by atoms with Gasteiger partial charge in [0.25, 0.3) is 5.56 Å². The SMILES string of the molecule is COC(=O)c1ccc2c3c(c(=O)[nH]c2c1)CCCN3. The van der Waals surface area contributed by atoms with Crippen LogP contribution in [-0.2, 0) is 11.2 Å². The van der Waals surface area contributed by atoms with E-state index in [-0.39, 0.29) is 5.56 Å². The Labute approximate surface area is 109 Å². The third-order valence-electron chi connectivity index (χ3n) is 3.44. The first-order valence-corrected chi connectivity index (χ1v) is 6.22. The van der Waals surface area contributed by atoms with Gasteiger partial charge < -0.3 is 15.0 Å². The molecule has 1 aliphatic rings. The zero-order valence-corrected chi connectivity index (χ0v) is 10.6. The lowest BCUT2D eigenvalue weighted by Gasteiger charge is -2.19. The topological polar surface area (TPSA) is 71.2 Å². The largest absolute Gasteiger partial charge is 0.465 e. The summed E-state index contributed by atoms with van der Waals surface area (Å²) in [7, 11) is 1.34. The number of methoxy groups -OCH3 is 1. The van der Waals surface area contributed by atoms with E-state index in [1.54, 1.807) is 12.1 Å². The van der Waals surface area contributed by atoms with Crippen molar-refractivity contribution in [3.8, 4) is 0 Å². The summed E-state index contributed by atoms with van der Waals surface area (Å²) in [5.74, 6) is -0.409. The quantitative estimate of drug-likeness (QED) is 0.763. The van der Waals surface area contributed by atoms with Crippen LogP contribution >= 0.6 is 0 Å². The number of rotatable bonds is 1. The maximum Gasteiger partial charge on any atom is 0.337 e. The molecule has 0 aliphatic carbocycles. The monoisotopic (exact) mass is 258 g/mol. The number of hydrogen-bond acceptors (Lipinski definition) is 4. The zero-order valence-electron chi connectivity index (χ0n) is 10.6. The molecule has 19 heavy (non-hydrogen) atoms. The second-order valence-corrected chi connectivity index (χ2v) is 4.59. The van der Waals surface area contributed by atoms with E-state index in [1.165, 1.54) is 7.11 Å². The third-order valence-corrected chi connectivity index (χ3v) is 3.44. The Morgan fingerprint density at radius 3 is 3.00 bits per heavy atom. The summed E-state index contributed by atoms with van der Waals surface area (Å²) in [6.45, 7) is 0.865. The van der Waals surface area contributed by atoms with Crippen molar-refractivity contribution < 1.29 is 9.53 Å². The molecule has 0 amide bonds. The Hall–Kier alpha value is -2.30. The molecule has 98 valence electrons. The molecule has 0 saturated carbocycles. The molecule has 5 nitrogen and oxygen atoms in total. The average molecular weight is 258 g/mol. The van der Waals surface area contributed by atoms with Crippen molar-refractivity contribution in [2.75, 3.05) is 19.0 Å². The van der Waals surface area contributed by atoms with Gasteiger partial charge >= 0.3 is 5.97 Å². The van der Waals surface area contributed by atoms with Gasteiger partial charge in [-0.3, -0.25) is 4.79 Å². The van der Waals surface area contributed by atoms with Crippen LogP contribution in [0.2, 0.25) is 0 Å². The highest BCUT2D eigenvalue weighted by molar-refractivity contribution is 5.98.